The maximum atomic E-state index is 5.51. The lowest BCUT2D eigenvalue weighted by Crippen LogP contribution is -2.28. The lowest BCUT2D eigenvalue weighted by Gasteiger charge is -2.26. The van der Waals surface area contributed by atoms with E-state index in [-0.39, 0.29) is 0 Å². The van der Waals surface area contributed by atoms with Crippen LogP contribution in [0.2, 0.25) is 0 Å². The molecule has 1 aromatic rings. The fourth-order valence-corrected chi connectivity index (χ4v) is 2.50. The van der Waals surface area contributed by atoms with Crippen molar-refractivity contribution in [2.45, 2.75) is 25.9 Å². The minimum Gasteiger partial charge on any atom is -0.496 e. The first-order valence-corrected chi connectivity index (χ1v) is 6.19. The smallest absolute Gasteiger partial charge is 0.123 e. The van der Waals surface area contributed by atoms with E-state index in [2.05, 4.69) is 43.4 Å². The number of ether oxygens (including phenoxy) is 1. The lowest BCUT2D eigenvalue weighted by atomic mass is 9.92. The summed E-state index contributed by atoms with van der Waals surface area (Å²) in [7, 11) is 5.92. The number of benzene rings is 1. The summed E-state index contributed by atoms with van der Waals surface area (Å²) in [4.78, 5) is 2.18. The van der Waals surface area contributed by atoms with Crippen LogP contribution in [0.15, 0.2) is 12.1 Å². The second kappa shape index (κ2) is 5.07. The first kappa shape index (κ1) is 12.4. The minimum atomic E-state index is 0.432. The van der Waals surface area contributed by atoms with Crippen molar-refractivity contribution in [2.24, 2.45) is 0 Å². The number of nitrogens with zero attached hydrogens (tertiary/aromatic N) is 1. The number of nitrogens with one attached hydrogen (secondary N) is 1. The average Bonchev–Trinajstić information content (AvgIpc) is 2.28. The Hall–Kier alpha value is -1.06. The Morgan fingerprint density at radius 2 is 2.18 bits per heavy atom. The minimum absolute atomic E-state index is 0.432. The summed E-state index contributed by atoms with van der Waals surface area (Å²) >= 11 is 0. The molecule has 0 radical (unpaired) electrons. The molecule has 2 rings (SSSR count). The van der Waals surface area contributed by atoms with Crippen molar-refractivity contribution in [3.8, 4) is 5.75 Å². The summed E-state index contributed by atoms with van der Waals surface area (Å²) in [6, 6.07) is 4.94. The van der Waals surface area contributed by atoms with Crippen LogP contribution in [-0.4, -0.2) is 32.6 Å². The first-order valence-electron chi connectivity index (χ1n) is 6.19. The van der Waals surface area contributed by atoms with Crippen molar-refractivity contribution >= 4 is 0 Å². The van der Waals surface area contributed by atoms with Gasteiger partial charge in [0, 0.05) is 18.2 Å². The molecule has 1 N–H and O–H groups in total. The van der Waals surface area contributed by atoms with E-state index in [0.717, 1.165) is 25.3 Å². The molecule has 3 nitrogen and oxygen atoms in total. The maximum absolute atomic E-state index is 5.51. The van der Waals surface area contributed by atoms with Crippen LogP contribution in [0.4, 0.5) is 0 Å². The molecule has 94 valence electrons. The molecule has 0 saturated carbocycles. The van der Waals surface area contributed by atoms with Crippen LogP contribution in [0.3, 0.4) is 0 Å². The van der Waals surface area contributed by atoms with Crippen molar-refractivity contribution in [3.63, 3.8) is 0 Å². The summed E-state index contributed by atoms with van der Waals surface area (Å²) in [5.74, 6) is 1.01. The Labute approximate surface area is 104 Å². The van der Waals surface area contributed by atoms with Gasteiger partial charge in [0.05, 0.1) is 7.11 Å². The fourth-order valence-electron chi connectivity index (χ4n) is 2.50. The zero-order valence-corrected chi connectivity index (χ0v) is 11.2. The highest BCUT2D eigenvalue weighted by Crippen LogP contribution is 2.30. The zero-order chi connectivity index (χ0) is 12.4. The molecule has 3 heteroatoms. The van der Waals surface area contributed by atoms with E-state index < -0.39 is 0 Å². The highest BCUT2D eigenvalue weighted by molar-refractivity contribution is 5.45. The van der Waals surface area contributed by atoms with Gasteiger partial charge in [-0.2, -0.15) is 0 Å². The molecule has 0 bridgehead atoms. The topological polar surface area (TPSA) is 24.5 Å². The molecule has 0 aliphatic carbocycles. The number of rotatable bonds is 3. The molecule has 0 amide bonds. The van der Waals surface area contributed by atoms with Crippen molar-refractivity contribution in [2.75, 3.05) is 27.7 Å². The Balaban J connectivity index is 2.40. The third kappa shape index (κ3) is 2.61. The first-order chi connectivity index (χ1) is 8.11. The average molecular weight is 234 g/mol. The van der Waals surface area contributed by atoms with E-state index >= 15 is 0 Å². The van der Waals surface area contributed by atoms with E-state index in [0.29, 0.717) is 6.04 Å². The van der Waals surface area contributed by atoms with Gasteiger partial charge in [-0.05, 0) is 51.2 Å². The van der Waals surface area contributed by atoms with Gasteiger partial charge in [-0.15, -0.1) is 0 Å². The molecule has 1 aliphatic heterocycles. The molecule has 0 spiro atoms. The molecule has 0 fully saturated rings. The van der Waals surface area contributed by atoms with Gasteiger partial charge in [-0.1, -0.05) is 6.07 Å². The van der Waals surface area contributed by atoms with Gasteiger partial charge in [0.25, 0.3) is 0 Å². The second-order valence-corrected chi connectivity index (χ2v) is 5.03. The van der Waals surface area contributed by atoms with E-state index in [9.17, 15) is 0 Å². The van der Waals surface area contributed by atoms with Crippen molar-refractivity contribution in [1.82, 2.24) is 10.2 Å². The molecule has 1 aliphatic rings. The molecule has 1 unspecified atom stereocenters. The van der Waals surface area contributed by atoms with E-state index in [4.69, 9.17) is 4.74 Å². The van der Waals surface area contributed by atoms with Gasteiger partial charge in [0.15, 0.2) is 0 Å². The largest absolute Gasteiger partial charge is 0.496 e. The van der Waals surface area contributed by atoms with Crippen LogP contribution in [0, 0.1) is 0 Å². The molecule has 1 aromatic carbocycles. The monoisotopic (exact) mass is 234 g/mol. The predicted molar refractivity (Wildman–Crippen MR) is 70.5 cm³/mol. The Morgan fingerprint density at radius 1 is 1.41 bits per heavy atom. The van der Waals surface area contributed by atoms with Crippen LogP contribution in [0.25, 0.3) is 0 Å². The summed E-state index contributed by atoms with van der Waals surface area (Å²) in [6.45, 7) is 4.21. The van der Waals surface area contributed by atoms with E-state index in [1.54, 1.807) is 7.11 Å². The van der Waals surface area contributed by atoms with E-state index in [1.165, 1.54) is 16.7 Å². The number of fused-ring (bicyclic) bond motifs is 1. The summed E-state index contributed by atoms with van der Waals surface area (Å²) < 4.78 is 5.51. The van der Waals surface area contributed by atoms with Crippen LogP contribution in [0.1, 0.15) is 29.7 Å². The number of methoxy groups -OCH3 is 1. The molecular formula is C14H22N2O. The summed E-state index contributed by atoms with van der Waals surface area (Å²) in [5.41, 5.74) is 4.13. The lowest BCUT2D eigenvalue weighted by molar-refractivity contribution is 0.370. The van der Waals surface area contributed by atoms with Gasteiger partial charge in [0.2, 0.25) is 0 Å². The van der Waals surface area contributed by atoms with Crippen LogP contribution < -0.4 is 10.1 Å². The van der Waals surface area contributed by atoms with Crippen LogP contribution in [0.5, 0.6) is 5.75 Å². The molecule has 1 heterocycles. The SMILES string of the molecule is COc1cc2c(cc1CN(C)C)CCNC2C. The number of hydrogen-bond acceptors (Lipinski definition) is 3. The van der Waals surface area contributed by atoms with Crippen molar-refractivity contribution in [1.29, 1.82) is 0 Å². The standard InChI is InChI=1S/C14H22N2O/c1-10-13-8-14(17-4)12(9-16(2)3)7-11(13)5-6-15-10/h7-8,10,15H,5-6,9H2,1-4H3. The quantitative estimate of drug-likeness (QED) is 0.865. The molecule has 0 saturated heterocycles. The molecule has 1 atom stereocenters. The Morgan fingerprint density at radius 3 is 2.82 bits per heavy atom. The van der Waals surface area contributed by atoms with Crippen molar-refractivity contribution in [3.05, 3.63) is 28.8 Å². The molecular weight excluding hydrogens is 212 g/mol. The second-order valence-electron chi connectivity index (χ2n) is 5.03. The Kier molecular flexibility index (Phi) is 3.69. The third-order valence-corrected chi connectivity index (χ3v) is 3.34. The molecule has 0 aromatic heterocycles. The fraction of sp³-hybridized carbons (Fsp3) is 0.571. The normalized spacial score (nSPS) is 19.2. The molecule has 17 heavy (non-hydrogen) atoms. The maximum Gasteiger partial charge on any atom is 0.123 e. The van der Waals surface area contributed by atoms with Crippen LogP contribution in [-0.2, 0) is 13.0 Å². The zero-order valence-electron chi connectivity index (χ0n) is 11.2. The highest BCUT2D eigenvalue weighted by Gasteiger charge is 2.18. The number of hydrogen-bond donors (Lipinski definition) is 1. The van der Waals surface area contributed by atoms with Gasteiger partial charge < -0.3 is 15.0 Å². The van der Waals surface area contributed by atoms with Gasteiger partial charge >= 0.3 is 0 Å². The van der Waals surface area contributed by atoms with Gasteiger partial charge in [0.1, 0.15) is 5.75 Å². The highest BCUT2D eigenvalue weighted by atomic mass is 16.5. The third-order valence-electron chi connectivity index (χ3n) is 3.34. The van der Waals surface area contributed by atoms with Crippen molar-refractivity contribution < 1.29 is 4.74 Å². The van der Waals surface area contributed by atoms with Gasteiger partial charge in [-0.3, -0.25) is 0 Å². The predicted octanol–water partition coefficient (Wildman–Crippen LogP) is 1.96. The Bertz CT molecular complexity index is 401. The van der Waals surface area contributed by atoms with Gasteiger partial charge in [-0.25, -0.2) is 0 Å². The summed E-state index contributed by atoms with van der Waals surface area (Å²) in [5, 5.41) is 3.48. The van der Waals surface area contributed by atoms with E-state index in [1.807, 2.05) is 0 Å². The van der Waals surface area contributed by atoms with Crippen LogP contribution >= 0.6 is 0 Å². The summed E-state index contributed by atoms with van der Waals surface area (Å²) in [6.07, 6.45) is 1.12.